The molecule has 1 heterocycles. The number of hydrogen-bond acceptors (Lipinski definition) is 3. The molecule has 0 amide bonds. The van der Waals surface area contributed by atoms with Crippen molar-refractivity contribution >= 4 is 0 Å². The number of hydrogen-bond donors (Lipinski definition) is 2. The summed E-state index contributed by atoms with van der Waals surface area (Å²) in [5.41, 5.74) is 6.11. The second kappa shape index (κ2) is 3.50. The monoisotopic (exact) mass is 155 g/mol. The molecule has 1 atom stereocenters. The summed E-state index contributed by atoms with van der Waals surface area (Å²) in [5, 5.41) is 9.45. The highest BCUT2D eigenvalue weighted by Crippen LogP contribution is 2.13. The Balaban J connectivity index is 2.67. The number of imidazole rings is 1. The fourth-order valence-electron chi connectivity index (χ4n) is 0.994. The van der Waals surface area contributed by atoms with E-state index >= 15 is 0 Å². The minimum absolute atomic E-state index is 0.479. The van der Waals surface area contributed by atoms with E-state index in [0.29, 0.717) is 13.0 Å². The topological polar surface area (TPSA) is 64.1 Å². The number of aliphatic hydroxyl groups excluding tert-OH is 1. The van der Waals surface area contributed by atoms with E-state index in [0.717, 1.165) is 5.69 Å². The molecule has 0 radical (unpaired) electrons. The van der Waals surface area contributed by atoms with Gasteiger partial charge in [0.05, 0.1) is 24.3 Å². The quantitative estimate of drug-likeness (QED) is 0.635. The van der Waals surface area contributed by atoms with Gasteiger partial charge in [-0.2, -0.15) is 0 Å². The van der Waals surface area contributed by atoms with E-state index in [4.69, 9.17) is 5.73 Å². The maximum Gasteiger partial charge on any atom is 0.0967 e. The summed E-state index contributed by atoms with van der Waals surface area (Å²) >= 11 is 0. The van der Waals surface area contributed by atoms with Crippen LogP contribution in [-0.4, -0.2) is 21.2 Å². The summed E-state index contributed by atoms with van der Waals surface area (Å²) in [4.78, 5) is 3.89. The molecule has 1 aromatic heterocycles. The van der Waals surface area contributed by atoms with Crippen molar-refractivity contribution in [3.8, 4) is 0 Å². The Morgan fingerprint density at radius 1 is 1.82 bits per heavy atom. The van der Waals surface area contributed by atoms with Gasteiger partial charge in [-0.25, -0.2) is 4.98 Å². The Bertz CT molecular complexity index is 221. The zero-order chi connectivity index (χ0) is 8.27. The van der Waals surface area contributed by atoms with Gasteiger partial charge in [0.15, 0.2) is 0 Å². The van der Waals surface area contributed by atoms with Crippen molar-refractivity contribution in [2.75, 3.05) is 6.54 Å². The molecule has 4 nitrogen and oxygen atoms in total. The maximum atomic E-state index is 9.45. The molecule has 11 heavy (non-hydrogen) atoms. The maximum absolute atomic E-state index is 9.45. The second-order valence-corrected chi connectivity index (χ2v) is 2.52. The molecule has 0 fully saturated rings. The summed E-state index contributed by atoms with van der Waals surface area (Å²) in [5.74, 6) is 0. The van der Waals surface area contributed by atoms with Crippen LogP contribution in [0.25, 0.3) is 0 Å². The smallest absolute Gasteiger partial charge is 0.0967 e. The van der Waals surface area contributed by atoms with Crippen molar-refractivity contribution in [1.29, 1.82) is 0 Å². The lowest BCUT2D eigenvalue weighted by Crippen LogP contribution is -2.09. The lowest BCUT2D eigenvalue weighted by Gasteiger charge is -2.08. The lowest BCUT2D eigenvalue weighted by atomic mass is 10.2. The highest BCUT2D eigenvalue weighted by molar-refractivity contribution is 5.01. The molecule has 0 aromatic carbocycles. The molecule has 0 aliphatic carbocycles. The lowest BCUT2D eigenvalue weighted by molar-refractivity contribution is 0.162. The van der Waals surface area contributed by atoms with Gasteiger partial charge >= 0.3 is 0 Å². The molecular formula is C7H13N3O. The third-order valence-corrected chi connectivity index (χ3v) is 1.64. The third-order valence-electron chi connectivity index (χ3n) is 1.64. The number of aliphatic hydroxyl groups is 1. The van der Waals surface area contributed by atoms with Crippen molar-refractivity contribution in [3.05, 3.63) is 18.2 Å². The van der Waals surface area contributed by atoms with Crippen LogP contribution in [-0.2, 0) is 7.05 Å². The van der Waals surface area contributed by atoms with Gasteiger partial charge in [-0.1, -0.05) is 0 Å². The van der Waals surface area contributed by atoms with Crippen LogP contribution >= 0.6 is 0 Å². The van der Waals surface area contributed by atoms with Gasteiger partial charge in [0, 0.05) is 7.05 Å². The van der Waals surface area contributed by atoms with E-state index in [-0.39, 0.29) is 0 Å². The first-order chi connectivity index (χ1) is 5.25. The summed E-state index contributed by atoms with van der Waals surface area (Å²) in [6, 6.07) is 0. The van der Waals surface area contributed by atoms with Crippen LogP contribution in [0, 0.1) is 0 Å². The van der Waals surface area contributed by atoms with Gasteiger partial charge in [0.25, 0.3) is 0 Å². The summed E-state index contributed by atoms with van der Waals surface area (Å²) in [6.45, 7) is 0.492. The minimum atomic E-state index is -0.479. The molecular weight excluding hydrogens is 142 g/mol. The highest BCUT2D eigenvalue weighted by atomic mass is 16.3. The predicted molar refractivity (Wildman–Crippen MR) is 41.8 cm³/mol. The molecule has 1 aromatic rings. The molecule has 1 rings (SSSR count). The Morgan fingerprint density at radius 2 is 2.55 bits per heavy atom. The largest absolute Gasteiger partial charge is 0.387 e. The van der Waals surface area contributed by atoms with Crippen LogP contribution in [0.2, 0.25) is 0 Å². The van der Waals surface area contributed by atoms with E-state index < -0.39 is 6.10 Å². The van der Waals surface area contributed by atoms with Crippen molar-refractivity contribution in [1.82, 2.24) is 9.55 Å². The molecule has 0 bridgehead atoms. The van der Waals surface area contributed by atoms with Crippen molar-refractivity contribution in [2.45, 2.75) is 12.5 Å². The Hall–Kier alpha value is -0.870. The number of aromatic nitrogens is 2. The molecule has 3 N–H and O–H groups in total. The zero-order valence-corrected chi connectivity index (χ0v) is 6.57. The van der Waals surface area contributed by atoms with Crippen molar-refractivity contribution < 1.29 is 5.11 Å². The standard InChI is InChI=1S/C7H13N3O/c1-10-5-9-4-6(10)7(11)2-3-8/h4-5,7,11H,2-3,8H2,1H3/t7-/m1/s1. The van der Waals surface area contributed by atoms with Gasteiger partial charge < -0.3 is 15.4 Å². The normalized spacial score (nSPS) is 13.4. The molecule has 0 aliphatic rings. The van der Waals surface area contributed by atoms with E-state index in [9.17, 15) is 5.11 Å². The fraction of sp³-hybridized carbons (Fsp3) is 0.571. The van der Waals surface area contributed by atoms with Gasteiger partial charge in [-0.3, -0.25) is 0 Å². The van der Waals surface area contributed by atoms with E-state index in [1.165, 1.54) is 0 Å². The van der Waals surface area contributed by atoms with Crippen LogP contribution in [0.5, 0.6) is 0 Å². The van der Waals surface area contributed by atoms with Gasteiger partial charge in [-0.15, -0.1) is 0 Å². The van der Waals surface area contributed by atoms with Gasteiger partial charge in [0.1, 0.15) is 0 Å². The van der Waals surface area contributed by atoms with E-state index in [2.05, 4.69) is 4.98 Å². The SMILES string of the molecule is Cn1cncc1[C@H](O)CCN. The second-order valence-electron chi connectivity index (χ2n) is 2.52. The Labute approximate surface area is 65.7 Å². The first-order valence-electron chi connectivity index (χ1n) is 3.60. The summed E-state index contributed by atoms with van der Waals surface area (Å²) in [6.07, 6.45) is 3.42. The number of rotatable bonds is 3. The first kappa shape index (κ1) is 8.23. The Kier molecular flexibility index (Phi) is 2.62. The van der Waals surface area contributed by atoms with Crippen molar-refractivity contribution in [2.24, 2.45) is 12.8 Å². The van der Waals surface area contributed by atoms with E-state index in [1.54, 1.807) is 17.1 Å². The predicted octanol–water partition coefficient (Wildman–Crippen LogP) is -0.198. The number of nitrogens with two attached hydrogens (primary N) is 1. The van der Waals surface area contributed by atoms with Gasteiger partial charge in [0.2, 0.25) is 0 Å². The Morgan fingerprint density at radius 3 is 3.00 bits per heavy atom. The highest BCUT2D eigenvalue weighted by Gasteiger charge is 2.08. The summed E-state index contributed by atoms with van der Waals surface area (Å²) < 4.78 is 1.79. The van der Waals surface area contributed by atoms with Crippen molar-refractivity contribution in [3.63, 3.8) is 0 Å². The average Bonchev–Trinajstić information content (AvgIpc) is 2.36. The van der Waals surface area contributed by atoms with Crippen LogP contribution in [0.1, 0.15) is 18.2 Å². The van der Waals surface area contributed by atoms with Crippen LogP contribution in [0.3, 0.4) is 0 Å². The summed E-state index contributed by atoms with van der Waals surface area (Å²) in [7, 11) is 1.85. The van der Waals surface area contributed by atoms with E-state index in [1.807, 2.05) is 7.05 Å². The molecule has 4 heteroatoms. The molecule has 0 saturated carbocycles. The van der Waals surface area contributed by atoms with Gasteiger partial charge in [-0.05, 0) is 13.0 Å². The number of nitrogens with zero attached hydrogens (tertiary/aromatic N) is 2. The molecule has 0 saturated heterocycles. The third kappa shape index (κ3) is 1.78. The molecule has 62 valence electrons. The fourth-order valence-corrected chi connectivity index (χ4v) is 0.994. The molecule has 0 unspecified atom stereocenters. The minimum Gasteiger partial charge on any atom is -0.387 e. The van der Waals surface area contributed by atoms with Crippen LogP contribution < -0.4 is 5.73 Å². The van der Waals surface area contributed by atoms with Crippen LogP contribution in [0.15, 0.2) is 12.5 Å². The average molecular weight is 155 g/mol. The zero-order valence-electron chi connectivity index (χ0n) is 6.57. The molecule has 0 spiro atoms. The number of aryl methyl sites for hydroxylation is 1. The van der Waals surface area contributed by atoms with Crippen LogP contribution in [0.4, 0.5) is 0 Å². The molecule has 0 aliphatic heterocycles. The first-order valence-corrected chi connectivity index (χ1v) is 3.60.